The highest BCUT2D eigenvalue weighted by Gasteiger charge is 2.22. The molecule has 2 atom stereocenters. The summed E-state index contributed by atoms with van der Waals surface area (Å²) < 4.78 is 1.68. The van der Waals surface area contributed by atoms with Gasteiger partial charge in [-0.1, -0.05) is 31.5 Å². The van der Waals surface area contributed by atoms with Crippen molar-refractivity contribution in [3.63, 3.8) is 0 Å². The van der Waals surface area contributed by atoms with Gasteiger partial charge in [-0.3, -0.25) is 9.36 Å². The van der Waals surface area contributed by atoms with Crippen LogP contribution in [0, 0.1) is 5.92 Å². The highest BCUT2D eigenvalue weighted by atomic mass is 32.2. The second kappa shape index (κ2) is 6.27. The fraction of sp³-hybridized carbons (Fsp3) is 0.750. The van der Waals surface area contributed by atoms with Gasteiger partial charge >= 0.3 is 0 Å². The molecule has 19 heavy (non-hydrogen) atoms. The summed E-state index contributed by atoms with van der Waals surface area (Å²) in [5, 5.41) is 11.5. The van der Waals surface area contributed by atoms with Gasteiger partial charge in [0.15, 0.2) is 5.16 Å². The number of anilines is 1. The minimum absolute atomic E-state index is 0.0605. The van der Waals surface area contributed by atoms with E-state index in [1.165, 1.54) is 31.0 Å². The Morgan fingerprint density at radius 3 is 2.84 bits per heavy atom. The Balaban J connectivity index is 1.80. The van der Waals surface area contributed by atoms with Crippen LogP contribution >= 0.6 is 11.8 Å². The van der Waals surface area contributed by atoms with E-state index in [1.54, 1.807) is 11.6 Å². The lowest BCUT2D eigenvalue weighted by atomic mass is 9.86. The maximum atomic E-state index is 11.9. The Morgan fingerprint density at radius 1 is 1.47 bits per heavy atom. The molecule has 1 aromatic heterocycles. The van der Waals surface area contributed by atoms with E-state index in [4.69, 9.17) is 5.73 Å². The van der Waals surface area contributed by atoms with E-state index >= 15 is 0 Å². The molecule has 6 nitrogen and oxygen atoms in total. The van der Waals surface area contributed by atoms with Crippen molar-refractivity contribution >= 4 is 23.6 Å². The third-order valence-electron chi connectivity index (χ3n) is 3.66. The summed E-state index contributed by atoms with van der Waals surface area (Å²) in [6.07, 6.45) is 4.79. The molecule has 7 heteroatoms. The van der Waals surface area contributed by atoms with E-state index in [-0.39, 0.29) is 5.91 Å². The molecule has 106 valence electrons. The van der Waals surface area contributed by atoms with Crippen LogP contribution in [-0.2, 0) is 11.8 Å². The summed E-state index contributed by atoms with van der Waals surface area (Å²) in [5.74, 6) is 1.36. The molecule has 1 aliphatic rings. The Bertz CT molecular complexity index is 447. The van der Waals surface area contributed by atoms with E-state index in [1.807, 2.05) is 0 Å². The number of carbonyl (C=O) groups excluding carboxylic acids is 1. The van der Waals surface area contributed by atoms with E-state index in [9.17, 15) is 4.79 Å². The third kappa shape index (κ3) is 3.62. The monoisotopic (exact) mass is 283 g/mol. The van der Waals surface area contributed by atoms with Crippen molar-refractivity contribution in [2.75, 3.05) is 11.5 Å². The van der Waals surface area contributed by atoms with Crippen molar-refractivity contribution in [1.29, 1.82) is 0 Å². The summed E-state index contributed by atoms with van der Waals surface area (Å²) >= 11 is 1.36. The number of hydrogen-bond donors (Lipinski definition) is 2. The molecule has 0 spiro atoms. The lowest BCUT2D eigenvalue weighted by molar-refractivity contribution is -0.119. The summed E-state index contributed by atoms with van der Waals surface area (Å²) in [6.45, 7) is 2.21. The number of hydrogen-bond acceptors (Lipinski definition) is 5. The number of rotatable bonds is 4. The summed E-state index contributed by atoms with van der Waals surface area (Å²) in [5.41, 5.74) is 5.59. The number of aromatic nitrogens is 3. The van der Waals surface area contributed by atoms with Gasteiger partial charge in [0, 0.05) is 13.1 Å². The zero-order valence-electron chi connectivity index (χ0n) is 11.4. The van der Waals surface area contributed by atoms with Gasteiger partial charge in [-0.15, -0.1) is 10.2 Å². The smallest absolute Gasteiger partial charge is 0.230 e. The lowest BCUT2D eigenvalue weighted by Crippen LogP contribution is -2.41. The molecule has 0 radical (unpaired) electrons. The second-order valence-corrected chi connectivity index (χ2v) is 6.07. The quantitative estimate of drug-likeness (QED) is 0.811. The minimum atomic E-state index is 0.0605. The van der Waals surface area contributed by atoms with Crippen LogP contribution in [0.4, 0.5) is 5.95 Å². The Hall–Kier alpha value is -1.24. The Morgan fingerprint density at radius 2 is 2.21 bits per heavy atom. The fourth-order valence-corrected chi connectivity index (χ4v) is 3.09. The van der Waals surface area contributed by atoms with E-state index < -0.39 is 0 Å². The van der Waals surface area contributed by atoms with Crippen molar-refractivity contribution in [3.05, 3.63) is 0 Å². The maximum absolute atomic E-state index is 11.9. The van der Waals surface area contributed by atoms with Crippen molar-refractivity contribution in [2.45, 2.75) is 43.8 Å². The van der Waals surface area contributed by atoms with E-state index in [2.05, 4.69) is 22.4 Å². The molecule has 0 saturated heterocycles. The van der Waals surface area contributed by atoms with E-state index in [0.29, 0.717) is 28.8 Å². The maximum Gasteiger partial charge on any atom is 0.230 e. The molecular formula is C12H21N5OS. The normalized spacial score (nSPS) is 23.3. The molecule has 1 saturated carbocycles. The van der Waals surface area contributed by atoms with Crippen LogP contribution in [0.2, 0.25) is 0 Å². The van der Waals surface area contributed by atoms with Crippen LogP contribution in [0.15, 0.2) is 5.16 Å². The van der Waals surface area contributed by atoms with Gasteiger partial charge in [0.1, 0.15) is 0 Å². The first-order valence-electron chi connectivity index (χ1n) is 6.65. The number of nitrogen functional groups attached to an aromatic ring is 1. The Kier molecular flexibility index (Phi) is 4.68. The molecule has 2 rings (SSSR count). The number of thioether (sulfide) groups is 1. The number of amides is 1. The molecule has 2 unspecified atom stereocenters. The number of carbonyl (C=O) groups is 1. The number of nitrogens with zero attached hydrogens (tertiary/aromatic N) is 3. The van der Waals surface area contributed by atoms with Crippen LogP contribution in [-0.4, -0.2) is 32.5 Å². The predicted octanol–water partition coefficient (Wildman–Crippen LogP) is 1.18. The van der Waals surface area contributed by atoms with Gasteiger partial charge in [0.25, 0.3) is 0 Å². The van der Waals surface area contributed by atoms with Crippen LogP contribution in [0.25, 0.3) is 0 Å². The van der Waals surface area contributed by atoms with Gasteiger partial charge in [0.05, 0.1) is 5.75 Å². The van der Waals surface area contributed by atoms with Crippen molar-refractivity contribution in [2.24, 2.45) is 13.0 Å². The van der Waals surface area contributed by atoms with Crippen LogP contribution in [0.3, 0.4) is 0 Å². The minimum Gasteiger partial charge on any atom is -0.368 e. The van der Waals surface area contributed by atoms with Gasteiger partial charge in [-0.2, -0.15) is 0 Å². The average molecular weight is 283 g/mol. The lowest BCUT2D eigenvalue weighted by Gasteiger charge is -2.29. The van der Waals surface area contributed by atoms with Crippen molar-refractivity contribution in [1.82, 2.24) is 20.1 Å². The van der Waals surface area contributed by atoms with Crippen LogP contribution in [0.5, 0.6) is 0 Å². The first kappa shape index (κ1) is 14.2. The molecule has 0 aliphatic heterocycles. The fourth-order valence-electron chi connectivity index (χ4n) is 2.36. The number of nitrogens with two attached hydrogens (primary N) is 1. The topological polar surface area (TPSA) is 85.8 Å². The summed E-state index contributed by atoms with van der Waals surface area (Å²) in [6, 6.07) is 0.325. The van der Waals surface area contributed by atoms with Gasteiger partial charge < -0.3 is 11.1 Å². The molecular weight excluding hydrogens is 262 g/mol. The van der Waals surface area contributed by atoms with Crippen LogP contribution in [0.1, 0.15) is 32.6 Å². The summed E-state index contributed by atoms with van der Waals surface area (Å²) in [7, 11) is 1.79. The highest BCUT2D eigenvalue weighted by Crippen LogP contribution is 2.24. The molecule has 3 N–H and O–H groups in total. The standard InChI is InChI=1S/C12H21N5OS/c1-8-5-3-4-6-9(8)14-10(18)7-19-12-16-15-11(13)17(12)2/h8-9H,3-7H2,1-2H3,(H2,13,15)(H,14,18). The zero-order chi connectivity index (χ0) is 13.8. The second-order valence-electron chi connectivity index (χ2n) is 5.12. The van der Waals surface area contributed by atoms with Gasteiger partial charge in [-0.05, 0) is 18.8 Å². The molecule has 1 fully saturated rings. The number of nitrogens with one attached hydrogen (secondary N) is 1. The molecule has 1 aromatic rings. The van der Waals surface area contributed by atoms with E-state index in [0.717, 1.165) is 6.42 Å². The molecule has 1 heterocycles. The predicted molar refractivity (Wildman–Crippen MR) is 75.7 cm³/mol. The molecule has 1 aliphatic carbocycles. The molecule has 0 bridgehead atoms. The van der Waals surface area contributed by atoms with Crippen LogP contribution < -0.4 is 11.1 Å². The zero-order valence-corrected chi connectivity index (χ0v) is 12.2. The van der Waals surface area contributed by atoms with Gasteiger partial charge in [-0.25, -0.2) is 0 Å². The average Bonchev–Trinajstić information content (AvgIpc) is 2.70. The van der Waals surface area contributed by atoms with Gasteiger partial charge in [0.2, 0.25) is 11.9 Å². The SMILES string of the molecule is CC1CCCCC1NC(=O)CSc1nnc(N)n1C. The largest absolute Gasteiger partial charge is 0.368 e. The first-order valence-corrected chi connectivity index (χ1v) is 7.63. The van der Waals surface area contributed by atoms with Crippen molar-refractivity contribution in [3.8, 4) is 0 Å². The summed E-state index contributed by atoms with van der Waals surface area (Å²) in [4.78, 5) is 11.9. The highest BCUT2D eigenvalue weighted by molar-refractivity contribution is 7.99. The van der Waals surface area contributed by atoms with Crippen molar-refractivity contribution < 1.29 is 4.79 Å². The Labute approximate surface area is 117 Å². The third-order valence-corrected chi connectivity index (χ3v) is 4.68. The molecule has 1 amide bonds. The molecule has 0 aromatic carbocycles. The first-order chi connectivity index (χ1) is 9.08.